The van der Waals surface area contributed by atoms with E-state index in [0.717, 1.165) is 5.56 Å². The fourth-order valence-electron chi connectivity index (χ4n) is 2.00. The fourth-order valence-corrected chi connectivity index (χ4v) is 2.21. The summed E-state index contributed by atoms with van der Waals surface area (Å²) in [6.45, 7) is 0.209. The SMILES string of the molecule is COc1cc(/C=C(\S)C(=O)OCCc2ccc(O)cc2)ccc1O. The molecule has 0 radical (unpaired) electrons. The molecule has 6 heteroatoms. The van der Waals surface area contributed by atoms with E-state index in [0.29, 0.717) is 17.7 Å². The first kappa shape index (κ1) is 17.7. The Balaban J connectivity index is 1.92. The number of aromatic hydroxyl groups is 2. The van der Waals surface area contributed by atoms with E-state index in [2.05, 4.69) is 12.6 Å². The molecule has 0 unspecified atom stereocenters. The molecule has 2 rings (SSSR count). The second kappa shape index (κ2) is 8.31. The molecular formula is C18H18O5S. The molecule has 0 aliphatic rings. The molecule has 5 nitrogen and oxygen atoms in total. The maximum atomic E-state index is 11.9. The molecule has 2 aromatic carbocycles. The Morgan fingerprint density at radius 2 is 1.88 bits per heavy atom. The Kier molecular flexibility index (Phi) is 6.14. The van der Waals surface area contributed by atoms with Crippen molar-refractivity contribution in [2.75, 3.05) is 13.7 Å². The zero-order valence-electron chi connectivity index (χ0n) is 13.1. The number of hydrogen-bond acceptors (Lipinski definition) is 6. The number of carbonyl (C=O) groups is 1. The minimum Gasteiger partial charge on any atom is -0.508 e. The van der Waals surface area contributed by atoms with Gasteiger partial charge < -0.3 is 19.7 Å². The standard InChI is InChI=1S/C18H18O5S/c1-22-16-10-13(4-7-15(16)20)11-17(24)18(21)23-9-8-12-2-5-14(19)6-3-12/h2-7,10-11,19-20,24H,8-9H2,1H3/b17-11-. The number of benzene rings is 2. The molecule has 0 heterocycles. The molecule has 0 amide bonds. The lowest BCUT2D eigenvalue weighted by atomic mass is 10.1. The average molecular weight is 346 g/mol. The van der Waals surface area contributed by atoms with Gasteiger partial charge in [-0.1, -0.05) is 18.2 Å². The van der Waals surface area contributed by atoms with Gasteiger partial charge in [0.25, 0.3) is 0 Å². The van der Waals surface area contributed by atoms with E-state index in [-0.39, 0.29) is 23.0 Å². The summed E-state index contributed by atoms with van der Waals surface area (Å²) in [7, 11) is 1.45. The van der Waals surface area contributed by atoms with Crippen LogP contribution in [0.25, 0.3) is 6.08 Å². The van der Waals surface area contributed by atoms with Crippen molar-refractivity contribution in [3.63, 3.8) is 0 Å². The normalized spacial score (nSPS) is 11.2. The number of hydrogen-bond donors (Lipinski definition) is 3. The van der Waals surface area contributed by atoms with Crippen LogP contribution in [0.5, 0.6) is 17.2 Å². The van der Waals surface area contributed by atoms with E-state index in [4.69, 9.17) is 9.47 Å². The summed E-state index contributed by atoms with van der Waals surface area (Å²) in [6.07, 6.45) is 2.08. The van der Waals surface area contributed by atoms with E-state index in [1.807, 2.05) is 0 Å². The summed E-state index contributed by atoms with van der Waals surface area (Å²) in [6, 6.07) is 11.4. The third-order valence-corrected chi connectivity index (χ3v) is 3.59. The van der Waals surface area contributed by atoms with Crippen LogP contribution in [0.15, 0.2) is 47.4 Å². The molecule has 24 heavy (non-hydrogen) atoms. The van der Waals surface area contributed by atoms with Gasteiger partial charge in [-0.05, 0) is 41.5 Å². The number of ether oxygens (including phenoxy) is 2. The van der Waals surface area contributed by atoms with Gasteiger partial charge in [0.1, 0.15) is 5.75 Å². The maximum Gasteiger partial charge on any atom is 0.344 e. The van der Waals surface area contributed by atoms with E-state index < -0.39 is 5.97 Å². The van der Waals surface area contributed by atoms with Crippen molar-refractivity contribution in [3.05, 3.63) is 58.5 Å². The van der Waals surface area contributed by atoms with Gasteiger partial charge in [0.05, 0.1) is 18.6 Å². The number of methoxy groups -OCH3 is 1. The molecule has 0 fully saturated rings. The van der Waals surface area contributed by atoms with Crippen molar-refractivity contribution in [2.24, 2.45) is 0 Å². The Morgan fingerprint density at radius 3 is 2.54 bits per heavy atom. The molecule has 0 bridgehead atoms. The highest BCUT2D eigenvalue weighted by Crippen LogP contribution is 2.27. The van der Waals surface area contributed by atoms with Crippen molar-refractivity contribution < 1.29 is 24.5 Å². The lowest BCUT2D eigenvalue weighted by Gasteiger charge is -2.06. The first-order valence-electron chi connectivity index (χ1n) is 7.22. The van der Waals surface area contributed by atoms with E-state index >= 15 is 0 Å². The van der Waals surface area contributed by atoms with Gasteiger partial charge in [-0.15, -0.1) is 12.6 Å². The lowest BCUT2D eigenvalue weighted by Crippen LogP contribution is -2.07. The minimum absolute atomic E-state index is 0.0202. The van der Waals surface area contributed by atoms with E-state index in [1.54, 1.807) is 36.4 Å². The predicted octanol–water partition coefficient (Wildman–Crippen LogP) is 3.16. The Labute approximate surface area is 145 Å². The van der Waals surface area contributed by atoms with Gasteiger partial charge >= 0.3 is 5.97 Å². The quantitative estimate of drug-likeness (QED) is 0.425. The number of rotatable bonds is 6. The Bertz CT molecular complexity index is 738. The zero-order valence-corrected chi connectivity index (χ0v) is 14.0. The highest BCUT2D eigenvalue weighted by molar-refractivity contribution is 7.85. The van der Waals surface area contributed by atoms with Gasteiger partial charge in [0, 0.05) is 6.42 Å². The molecule has 0 spiro atoms. The third kappa shape index (κ3) is 4.96. The fraction of sp³-hybridized carbons (Fsp3) is 0.167. The van der Waals surface area contributed by atoms with Crippen LogP contribution in [0.1, 0.15) is 11.1 Å². The average Bonchev–Trinajstić information content (AvgIpc) is 2.58. The maximum absolute atomic E-state index is 11.9. The first-order valence-corrected chi connectivity index (χ1v) is 7.67. The van der Waals surface area contributed by atoms with Crippen molar-refractivity contribution >= 4 is 24.7 Å². The molecule has 0 saturated heterocycles. The number of phenolic OH excluding ortho intramolecular Hbond substituents is 2. The van der Waals surface area contributed by atoms with Crippen LogP contribution in [-0.4, -0.2) is 29.9 Å². The van der Waals surface area contributed by atoms with Gasteiger partial charge in [0.15, 0.2) is 11.5 Å². The molecule has 126 valence electrons. The van der Waals surface area contributed by atoms with Gasteiger partial charge in [0.2, 0.25) is 0 Å². The highest BCUT2D eigenvalue weighted by Gasteiger charge is 2.08. The third-order valence-electron chi connectivity index (χ3n) is 3.28. The van der Waals surface area contributed by atoms with Crippen LogP contribution in [-0.2, 0) is 16.0 Å². The van der Waals surface area contributed by atoms with E-state index in [9.17, 15) is 15.0 Å². The summed E-state index contributed by atoms with van der Waals surface area (Å²) >= 11 is 4.15. The van der Waals surface area contributed by atoms with Gasteiger partial charge in [-0.3, -0.25) is 0 Å². The van der Waals surface area contributed by atoms with Gasteiger partial charge in [-0.2, -0.15) is 0 Å². The summed E-state index contributed by atoms with van der Waals surface area (Å²) in [5.41, 5.74) is 1.61. The van der Waals surface area contributed by atoms with Crippen molar-refractivity contribution in [1.29, 1.82) is 0 Å². The second-order valence-electron chi connectivity index (χ2n) is 5.01. The summed E-state index contributed by atoms with van der Waals surface area (Å²) < 4.78 is 10.2. The number of thiol groups is 1. The number of esters is 1. The molecule has 0 aliphatic carbocycles. The first-order chi connectivity index (χ1) is 11.5. The minimum atomic E-state index is -0.538. The number of phenols is 2. The number of carbonyl (C=O) groups excluding carboxylic acids is 1. The van der Waals surface area contributed by atoms with Crippen molar-refractivity contribution in [2.45, 2.75) is 6.42 Å². The summed E-state index contributed by atoms with van der Waals surface area (Å²) in [5, 5.41) is 18.8. The molecular weight excluding hydrogens is 328 g/mol. The second-order valence-corrected chi connectivity index (χ2v) is 5.50. The predicted molar refractivity (Wildman–Crippen MR) is 94.4 cm³/mol. The monoisotopic (exact) mass is 346 g/mol. The molecule has 0 aliphatic heterocycles. The van der Waals surface area contributed by atoms with Crippen molar-refractivity contribution in [3.8, 4) is 17.2 Å². The summed E-state index contributed by atoms with van der Waals surface area (Å²) in [4.78, 5) is 12.1. The zero-order chi connectivity index (χ0) is 17.5. The molecule has 2 aromatic rings. The smallest absolute Gasteiger partial charge is 0.344 e. The molecule has 0 saturated carbocycles. The lowest BCUT2D eigenvalue weighted by molar-refractivity contribution is -0.137. The summed E-state index contributed by atoms with van der Waals surface area (Å²) in [5.74, 6) is -0.0118. The van der Waals surface area contributed by atoms with E-state index in [1.165, 1.54) is 19.3 Å². The largest absolute Gasteiger partial charge is 0.508 e. The van der Waals surface area contributed by atoms with Crippen LogP contribution in [0.4, 0.5) is 0 Å². The van der Waals surface area contributed by atoms with Crippen LogP contribution >= 0.6 is 12.6 Å². The van der Waals surface area contributed by atoms with Crippen LogP contribution in [0, 0.1) is 0 Å². The Morgan fingerprint density at radius 1 is 1.17 bits per heavy atom. The van der Waals surface area contributed by atoms with Crippen LogP contribution < -0.4 is 4.74 Å². The molecule has 0 aromatic heterocycles. The molecule has 2 N–H and O–H groups in total. The Hall–Kier alpha value is -2.60. The van der Waals surface area contributed by atoms with Gasteiger partial charge in [-0.25, -0.2) is 4.79 Å². The topological polar surface area (TPSA) is 76.0 Å². The van der Waals surface area contributed by atoms with Crippen molar-refractivity contribution in [1.82, 2.24) is 0 Å². The molecule has 0 atom stereocenters. The highest BCUT2D eigenvalue weighted by atomic mass is 32.1. The van der Waals surface area contributed by atoms with Crippen LogP contribution in [0.2, 0.25) is 0 Å². The van der Waals surface area contributed by atoms with Crippen LogP contribution in [0.3, 0.4) is 0 Å².